The molecule has 0 spiro atoms. The Balaban J connectivity index is 2.82. The Morgan fingerprint density at radius 3 is 2.57 bits per heavy atom. The summed E-state index contributed by atoms with van der Waals surface area (Å²) < 4.78 is 39.0. The highest BCUT2D eigenvalue weighted by Crippen LogP contribution is 2.13. The predicted octanol–water partition coefficient (Wildman–Crippen LogP) is 1.84. The summed E-state index contributed by atoms with van der Waals surface area (Å²) in [5.41, 5.74) is -0.0570. The van der Waals surface area contributed by atoms with E-state index in [1.807, 2.05) is 0 Å². The first-order valence-electron chi connectivity index (χ1n) is 4.00. The number of nitrogens with zero attached hydrogens (tertiary/aromatic N) is 1. The SMILES string of the molecule is CC(C)S(=O)Nc1ccc(F)nc1F. The van der Waals surface area contributed by atoms with Gasteiger partial charge in [-0.25, -0.2) is 4.21 Å². The number of rotatable bonds is 3. The summed E-state index contributed by atoms with van der Waals surface area (Å²) in [6.07, 6.45) is 0. The maximum absolute atomic E-state index is 12.9. The smallest absolute Gasteiger partial charge is 0.239 e. The molecule has 3 nitrogen and oxygen atoms in total. The average molecular weight is 220 g/mol. The molecule has 1 unspecified atom stereocenters. The molecule has 0 aromatic carbocycles. The van der Waals surface area contributed by atoms with Gasteiger partial charge in [0, 0.05) is 5.25 Å². The Hall–Kier alpha value is -1.04. The molecular weight excluding hydrogens is 210 g/mol. The van der Waals surface area contributed by atoms with E-state index >= 15 is 0 Å². The van der Waals surface area contributed by atoms with Crippen LogP contribution in [0.1, 0.15) is 13.8 Å². The number of halogens is 2. The molecule has 1 aromatic heterocycles. The van der Waals surface area contributed by atoms with Gasteiger partial charge in [0.25, 0.3) is 0 Å². The molecule has 1 atom stereocenters. The molecule has 14 heavy (non-hydrogen) atoms. The monoisotopic (exact) mass is 220 g/mol. The normalized spacial score (nSPS) is 12.9. The van der Waals surface area contributed by atoms with Gasteiger partial charge in [-0.15, -0.1) is 0 Å². The van der Waals surface area contributed by atoms with Gasteiger partial charge in [-0.05, 0) is 26.0 Å². The van der Waals surface area contributed by atoms with E-state index in [1.165, 1.54) is 0 Å². The molecule has 6 heteroatoms. The largest absolute Gasteiger partial charge is 0.301 e. The third kappa shape index (κ3) is 2.73. The summed E-state index contributed by atoms with van der Waals surface area (Å²) >= 11 is 0. The van der Waals surface area contributed by atoms with E-state index < -0.39 is 22.9 Å². The van der Waals surface area contributed by atoms with Gasteiger partial charge in [0.2, 0.25) is 11.9 Å². The van der Waals surface area contributed by atoms with Gasteiger partial charge in [-0.2, -0.15) is 13.8 Å². The van der Waals surface area contributed by atoms with Gasteiger partial charge < -0.3 is 4.72 Å². The quantitative estimate of drug-likeness (QED) is 0.790. The van der Waals surface area contributed by atoms with Crippen LogP contribution in [0.3, 0.4) is 0 Å². The summed E-state index contributed by atoms with van der Waals surface area (Å²) in [4.78, 5) is 2.96. The van der Waals surface area contributed by atoms with Crippen molar-refractivity contribution in [3.63, 3.8) is 0 Å². The third-order valence-electron chi connectivity index (χ3n) is 1.45. The van der Waals surface area contributed by atoms with Gasteiger partial charge >= 0.3 is 0 Å². The second-order valence-corrected chi connectivity index (χ2v) is 4.66. The number of pyridine rings is 1. The molecule has 1 aromatic rings. The van der Waals surface area contributed by atoms with Gasteiger partial charge in [0.1, 0.15) is 16.7 Å². The molecule has 0 aliphatic heterocycles. The zero-order chi connectivity index (χ0) is 10.7. The van der Waals surface area contributed by atoms with E-state index in [0.29, 0.717) is 0 Å². The summed E-state index contributed by atoms with van der Waals surface area (Å²) in [7, 11) is -1.39. The number of anilines is 1. The Bertz CT molecular complexity index is 357. The molecule has 0 radical (unpaired) electrons. The average Bonchev–Trinajstić information content (AvgIpc) is 2.09. The minimum atomic E-state index is -1.39. The molecule has 0 bridgehead atoms. The van der Waals surface area contributed by atoms with E-state index in [9.17, 15) is 13.0 Å². The maximum atomic E-state index is 12.9. The fourth-order valence-electron chi connectivity index (χ4n) is 0.714. The van der Waals surface area contributed by atoms with Crippen molar-refractivity contribution in [1.82, 2.24) is 4.98 Å². The molecule has 0 saturated carbocycles. The van der Waals surface area contributed by atoms with Crippen LogP contribution in [0, 0.1) is 11.9 Å². The van der Waals surface area contributed by atoms with E-state index in [0.717, 1.165) is 12.1 Å². The number of hydrogen-bond acceptors (Lipinski definition) is 2. The molecule has 1 heterocycles. The van der Waals surface area contributed by atoms with Crippen LogP contribution in [0.5, 0.6) is 0 Å². The standard InChI is InChI=1S/C8H10F2N2OS/c1-5(2)14(13)12-6-3-4-7(9)11-8(6)10/h3-5,12H,1-2H3. The Labute approximate surface area is 83.1 Å². The lowest BCUT2D eigenvalue weighted by Gasteiger charge is -2.08. The second-order valence-electron chi connectivity index (χ2n) is 2.92. The molecule has 1 rings (SSSR count). The van der Waals surface area contributed by atoms with Crippen LogP contribution in [0.25, 0.3) is 0 Å². The zero-order valence-corrected chi connectivity index (χ0v) is 8.57. The lowest BCUT2D eigenvalue weighted by atomic mass is 10.4. The van der Waals surface area contributed by atoms with E-state index in [-0.39, 0.29) is 10.9 Å². The minimum Gasteiger partial charge on any atom is -0.301 e. The van der Waals surface area contributed by atoms with Gasteiger partial charge in [0.05, 0.1) is 0 Å². The fourth-order valence-corrected chi connectivity index (χ4v) is 1.32. The summed E-state index contributed by atoms with van der Waals surface area (Å²) in [5.74, 6) is -1.89. The van der Waals surface area contributed by atoms with Crippen LogP contribution in [0.2, 0.25) is 0 Å². The van der Waals surface area contributed by atoms with Gasteiger partial charge in [0.15, 0.2) is 0 Å². The molecule has 0 aliphatic carbocycles. The first kappa shape index (κ1) is 11.0. The Morgan fingerprint density at radius 2 is 2.07 bits per heavy atom. The molecular formula is C8H10F2N2OS. The van der Waals surface area contributed by atoms with Gasteiger partial charge in [-0.1, -0.05) is 0 Å². The van der Waals surface area contributed by atoms with Crippen LogP contribution in [0.15, 0.2) is 12.1 Å². The van der Waals surface area contributed by atoms with Crippen molar-refractivity contribution in [3.05, 3.63) is 24.0 Å². The van der Waals surface area contributed by atoms with Crippen LogP contribution in [-0.4, -0.2) is 14.4 Å². The topological polar surface area (TPSA) is 42.0 Å². The van der Waals surface area contributed by atoms with E-state index in [4.69, 9.17) is 0 Å². The molecule has 0 aliphatic rings. The highest BCUT2D eigenvalue weighted by molar-refractivity contribution is 7.86. The highest BCUT2D eigenvalue weighted by Gasteiger charge is 2.10. The van der Waals surface area contributed by atoms with E-state index in [2.05, 4.69) is 9.71 Å². The third-order valence-corrected chi connectivity index (χ3v) is 2.73. The lowest BCUT2D eigenvalue weighted by Crippen LogP contribution is -2.15. The molecule has 0 amide bonds. The summed E-state index contributed by atoms with van der Waals surface area (Å²) in [6.45, 7) is 3.44. The first-order chi connectivity index (χ1) is 6.50. The molecule has 0 fully saturated rings. The molecule has 0 saturated heterocycles. The summed E-state index contributed by atoms with van der Waals surface area (Å²) in [5, 5.41) is -0.153. The fraction of sp³-hybridized carbons (Fsp3) is 0.375. The molecule has 1 N–H and O–H groups in total. The van der Waals surface area contributed by atoms with Crippen LogP contribution in [0.4, 0.5) is 14.5 Å². The van der Waals surface area contributed by atoms with Gasteiger partial charge in [-0.3, -0.25) is 0 Å². The van der Waals surface area contributed by atoms with Crippen molar-refractivity contribution in [1.29, 1.82) is 0 Å². The highest BCUT2D eigenvalue weighted by atomic mass is 32.2. The van der Waals surface area contributed by atoms with Crippen molar-refractivity contribution in [2.24, 2.45) is 0 Å². The number of aromatic nitrogens is 1. The van der Waals surface area contributed by atoms with Crippen molar-refractivity contribution in [2.75, 3.05) is 4.72 Å². The van der Waals surface area contributed by atoms with Crippen molar-refractivity contribution < 1.29 is 13.0 Å². The molecule has 78 valence electrons. The first-order valence-corrected chi connectivity index (χ1v) is 5.21. The van der Waals surface area contributed by atoms with Crippen LogP contribution in [-0.2, 0) is 11.0 Å². The number of hydrogen-bond donors (Lipinski definition) is 1. The summed E-state index contributed by atoms with van der Waals surface area (Å²) in [6, 6.07) is 2.17. The van der Waals surface area contributed by atoms with Crippen molar-refractivity contribution in [3.8, 4) is 0 Å². The van der Waals surface area contributed by atoms with Crippen molar-refractivity contribution in [2.45, 2.75) is 19.1 Å². The van der Waals surface area contributed by atoms with Crippen LogP contribution < -0.4 is 4.72 Å². The Kier molecular flexibility index (Phi) is 3.51. The second kappa shape index (κ2) is 4.45. The Morgan fingerprint density at radius 1 is 1.43 bits per heavy atom. The minimum absolute atomic E-state index is 0.0570. The van der Waals surface area contributed by atoms with Crippen LogP contribution >= 0.6 is 0 Å². The maximum Gasteiger partial charge on any atom is 0.239 e. The number of nitrogens with one attached hydrogen (secondary N) is 1. The zero-order valence-electron chi connectivity index (χ0n) is 7.75. The van der Waals surface area contributed by atoms with E-state index in [1.54, 1.807) is 13.8 Å². The van der Waals surface area contributed by atoms with Crippen molar-refractivity contribution >= 4 is 16.7 Å². The predicted molar refractivity (Wildman–Crippen MR) is 51.1 cm³/mol. The lowest BCUT2D eigenvalue weighted by molar-refractivity contribution is 0.516.